The standard InChI is InChI=1S/C24H22N4O3S/c1-25-22(29)16-31-19-10-5-9-18(13-19)26-24(30)20-15-28(14-17-7-3-2-4-8-17)27-23(20)21-11-6-12-32-21/h2-13,15H,14,16H2,1H3,(H,25,29)(H,26,30). The van der Waals surface area contributed by atoms with Crippen LogP contribution in [-0.2, 0) is 11.3 Å². The van der Waals surface area contributed by atoms with Gasteiger partial charge in [-0.05, 0) is 29.1 Å². The molecular formula is C24H22N4O3S. The Morgan fingerprint density at radius 2 is 1.91 bits per heavy atom. The Hall–Kier alpha value is -3.91. The normalized spacial score (nSPS) is 10.5. The van der Waals surface area contributed by atoms with Crippen molar-refractivity contribution in [1.29, 1.82) is 0 Å². The number of ether oxygens (including phenoxy) is 1. The van der Waals surface area contributed by atoms with Crippen molar-refractivity contribution < 1.29 is 14.3 Å². The molecule has 32 heavy (non-hydrogen) atoms. The van der Waals surface area contributed by atoms with E-state index < -0.39 is 0 Å². The lowest BCUT2D eigenvalue weighted by Crippen LogP contribution is -2.24. The molecule has 162 valence electrons. The van der Waals surface area contributed by atoms with Gasteiger partial charge in [-0.3, -0.25) is 14.3 Å². The first-order valence-corrected chi connectivity index (χ1v) is 10.9. The highest BCUT2D eigenvalue weighted by atomic mass is 32.1. The van der Waals surface area contributed by atoms with Crippen molar-refractivity contribution in [3.05, 3.63) is 89.4 Å². The fraction of sp³-hybridized carbons (Fsp3) is 0.125. The number of hydrogen-bond acceptors (Lipinski definition) is 5. The molecule has 0 spiro atoms. The van der Waals surface area contributed by atoms with Crippen molar-refractivity contribution in [2.24, 2.45) is 0 Å². The van der Waals surface area contributed by atoms with E-state index in [1.54, 1.807) is 42.2 Å². The lowest BCUT2D eigenvalue weighted by molar-refractivity contribution is -0.122. The van der Waals surface area contributed by atoms with Gasteiger partial charge in [0.1, 0.15) is 11.4 Å². The van der Waals surface area contributed by atoms with E-state index in [1.807, 2.05) is 47.8 Å². The molecule has 0 fully saturated rings. The number of nitrogens with one attached hydrogen (secondary N) is 2. The van der Waals surface area contributed by atoms with E-state index in [-0.39, 0.29) is 18.4 Å². The molecule has 0 aliphatic carbocycles. The van der Waals surface area contributed by atoms with Crippen LogP contribution in [0.1, 0.15) is 15.9 Å². The molecule has 7 nitrogen and oxygen atoms in total. The Morgan fingerprint density at radius 3 is 2.66 bits per heavy atom. The number of thiophene rings is 1. The molecule has 0 aliphatic heterocycles. The molecule has 0 unspecified atom stereocenters. The number of carbonyl (C=O) groups excluding carboxylic acids is 2. The number of benzene rings is 2. The maximum Gasteiger partial charge on any atom is 0.259 e. The Kier molecular flexibility index (Phi) is 6.62. The summed E-state index contributed by atoms with van der Waals surface area (Å²) in [6.45, 7) is 0.470. The van der Waals surface area contributed by atoms with Gasteiger partial charge >= 0.3 is 0 Å². The second kappa shape index (κ2) is 9.93. The van der Waals surface area contributed by atoms with E-state index in [9.17, 15) is 9.59 Å². The molecule has 2 amide bonds. The summed E-state index contributed by atoms with van der Waals surface area (Å²) in [7, 11) is 1.55. The van der Waals surface area contributed by atoms with Crippen molar-refractivity contribution >= 4 is 28.8 Å². The van der Waals surface area contributed by atoms with Gasteiger partial charge in [0.15, 0.2) is 6.61 Å². The molecule has 0 aliphatic rings. The van der Waals surface area contributed by atoms with E-state index in [4.69, 9.17) is 4.74 Å². The smallest absolute Gasteiger partial charge is 0.259 e. The molecule has 2 aromatic carbocycles. The zero-order valence-corrected chi connectivity index (χ0v) is 18.3. The van der Waals surface area contributed by atoms with Crippen LogP contribution in [0.5, 0.6) is 5.75 Å². The van der Waals surface area contributed by atoms with Crippen LogP contribution in [0.4, 0.5) is 5.69 Å². The Balaban J connectivity index is 1.56. The minimum atomic E-state index is -0.267. The SMILES string of the molecule is CNC(=O)COc1cccc(NC(=O)c2cn(Cc3ccccc3)nc2-c2cccs2)c1. The third kappa shape index (κ3) is 5.22. The molecule has 0 saturated heterocycles. The topological polar surface area (TPSA) is 85.3 Å². The first-order valence-electron chi connectivity index (χ1n) is 10.0. The fourth-order valence-electron chi connectivity index (χ4n) is 3.12. The third-order valence-electron chi connectivity index (χ3n) is 4.69. The molecule has 4 rings (SSSR count). The molecule has 0 saturated carbocycles. The zero-order valence-electron chi connectivity index (χ0n) is 17.4. The van der Waals surface area contributed by atoms with Crippen LogP contribution in [-0.4, -0.2) is 35.2 Å². The van der Waals surface area contributed by atoms with E-state index in [0.717, 1.165) is 10.4 Å². The summed E-state index contributed by atoms with van der Waals surface area (Å²) >= 11 is 1.53. The number of nitrogens with zero attached hydrogens (tertiary/aromatic N) is 2. The maximum absolute atomic E-state index is 13.2. The van der Waals surface area contributed by atoms with Crippen LogP contribution < -0.4 is 15.4 Å². The lowest BCUT2D eigenvalue weighted by atomic mass is 10.2. The van der Waals surface area contributed by atoms with Crippen molar-refractivity contribution in [2.75, 3.05) is 19.0 Å². The maximum atomic E-state index is 13.2. The van der Waals surface area contributed by atoms with Gasteiger partial charge in [-0.1, -0.05) is 42.5 Å². The molecule has 8 heteroatoms. The molecular weight excluding hydrogens is 424 g/mol. The van der Waals surface area contributed by atoms with Gasteiger partial charge in [0, 0.05) is 25.0 Å². The van der Waals surface area contributed by atoms with Crippen molar-refractivity contribution in [2.45, 2.75) is 6.54 Å². The zero-order chi connectivity index (χ0) is 22.3. The number of amides is 2. The van der Waals surface area contributed by atoms with Crippen LogP contribution in [0, 0.1) is 0 Å². The highest BCUT2D eigenvalue weighted by molar-refractivity contribution is 7.13. The number of rotatable bonds is 8. The average Bonchev–Trinajstić information content (AvgIpc) is 3.48. The van der Waals surface area contributed by atoms with Crippen LogP contribution >= 0.6 is 11.3 Å². The molecule has 0 radical (unpaired) electrons. The first kappa shape index (κ1) is 21.3. The number of anilines is 1. The lowest BCUT2D eigenvalue weighted by Gasteiger charge is -2.08. The van der Waals surface area contributed by atoms with Crippen LogP contribution in [0.2, 0.25) is 0 Å². The molecule has 0 atom stereocenters. The predicted octanol–water partition coefficient (Wildman–Crippen LogP) is 4.04. The summed E-state index contributed by atoms with van der Waals surface area (Å²) in [5, 5.41) is 12.1. The Labute approximate surface area is 189 Å². The molecule has 2 N–H and O–H groups in total. The van der Waals surface area contributed by atoms with Gasteiger partial charge in [0.05, 0.1) is 17.0 Å². The predicted molar refractivity (Wildman–Crippen MR) is 125 cm³/mol. The van der Waals surface area contributed by atoms with Crippen LogP contribution in [0.15, 0.2) is 78.3 Å². The van der Waals surface area contributed by atoms with Crippen molar-refractivity contribution in [3.63, 3.8) is 0 Å². The van der Waals surface area contributed by atoms with E-state index in [0.29, 0.717) is 29.2 Å². The van der Waals surface area contributed by atoms with E-state index in [1.165, 1.54) is 11.3 Å². The number of aromatic nitrogens is 2. The quantitative estimate of drug-likeness (QED) is 0.428. The van der Waals surface area contributed by atoms with Gasteiger partial charge in [0.2, 0.25) is 0 Å². The fourth-order valence-corrected chi connectivity index (χ4v) is 3.84. The van der Waals surface area contributed by atoms with Gasteiger partial charge in [-0.15, -0.1) is 11.3 Å². The Morgan fingerprint density at radius 1 is 1.06 bits per heavy atom. The van der Waals surface area contributed by atoms with Gasteiger partial charge in [-0.2, -0.15) is 5.10 Å². The van der Waals surface area contributed by atoms with Crippen molar-refractivity contribution in [1.82, 2.24) is 15.1 Å². The van der Waals surface area contributed by atoms with Gasteiger partial charge in [0.25, 0.3) is 11.8 Å². The van der Waals surface area contributed by atoms with Crippen LogP contribution in [0.3, 0.4) is 0 Å². The molecule has 4 aromatic rings. The third-order valence-corrected chi connectivity index (χ3v) is 5.57. The highest BCUT2D eigenvalue weighted by Gasteiger charge is 2.19. The van der Waals surface area contributed by atoms with Crippen molar-refractivity contribution in [3.8, 4) is 16.3 Å². The average molecular weight is 447 g/mol. The number of hydrogen-bond donors (Lipinski definition) is 2. The summed E-state index contributed by atoms with van der Waals surface area (Å²) in [6, 6.07) is 20.8. The van der Waals surface area contributed by atoms with E-state index >= 15 is 0 Å². The summed E-state index contributed by atoms with van der Waals surface area (Å²) in [6.07, 6.45) is 1.77. The number of carbonyl (C=O) groups is 2. The summed E-state index contributed by atoms with van der Waals surface area (Å²) < 4.78 is 7.24. The van der Waals surface area contributed by atoms with Crippen LogP contribution in [0.25, 0.3) is 10.6 Å². The number of likely N-dealkylation sites (N-methyl/N-ethyl adjacent to an activating group) is 1. The second-order valence-corrected chi connectivity index (χ2v) is 7.94. The summed E-state index contributed by atoms with van der Waals surface area (Å²) in [5.41, 5.74) is 2.79. The minimum Gasteiger partial charge on any atom is -0.484 e. The molecule has 0 bridgehead atoms. The summed E-state index contributed by atoms with van der Waals surface area (Å²) in [5.74, 6) is -0.00771. The minimum absolute atomic E-state index is 0.0946. The Bertz CT molecular complexity index is 1200. The molecule has 2 aromatic heterocycles. The van der Waals surface area contributed by atoms with Gasteiger partial charge in [-0.25, -0.2) is 0 Å². The first-order chi connectivity index (χ1) is 15.6. The van der Waals surface area contributed by atoms with Gasteiger partial charge < -0.3 is 15.4 Å². The van der Waals surface area contributed by atoms with E-state index in [2.05, 4.69) is 15.7 Å². The second-order valence-electron chi connectivity index (χ2n) is 7.00. The molecule has 2 heterocycles. The highest BCUT2D eigenvalue weighted by Crippen LogP contribution is 2.28. The largest absolute Gasteiger partial charge is 0.484 e. The monoisotopic (exact) mass is 446 g/mol. The summed E-state index contributed by atoms with van der Waals surface area (Å²) in [4.78, 5) is 25.5.